The maximum atomic E-state index is 11.8. The van der Waals surface area contributed by atoms with Crippen LogP contribution in [0.25, 0.3) is 6.20 Å². The largest absolute Gasteiger partial charge is 1.00 e. The monoisotopic (exact) mass is 259 g/mol. The van der Waals surface area contributed by atoms with Gasteiger partial charge in [-0.1, -0.05) is 35.9 Å². The molecule has 0 bridgehead atoms. The van der Waals surface area contributed by atoms with Crippen molar-refractivity contribution in [3.63, 3.8) is 0 Å². The number of aromatic nitrogens is 1. The van der Waals surface area contributed by atoms with Gasteiger partial charge in [0.25, 0.3) is 0 Å². The molecule has 0 atom stereocenters. The maximum Gasteiger partial charge on any atom is 0.191 e. The highest BCUT2D eigenvalue weighted by molar-refractivity contribution is 6.05. The van der Waals surface area contributed by atoms with E-state index in [9.17, 15) is 4.79 Å². The number of halogens is 1. The number of carbonyl (C=O) groups excluding carboxylic acids is 1. The van der Waals surface area contributed by atoms with Crippen LogP contribution in [-0.2, 0) is 0 Å². The van der Waals surface area contributed by atoms with Crippen LogP contribution in [0.3, 0.4) is 0 Å². The lowest BCUT2D eigenvalue weighted by Crippen LogP contribution is -3.00. The smallest absolute Gasteiger partial charge is 0.191 e. The van der Waals surface area contributed by atoms with E-state index in [1.165, 1.54) is 0 Å². The van der Waals surface area contributed by atoms with Crippen LogP contribution >= 0.6 is 0 Å². The molecule has 92 valence electrons. The van der Waals surface area contributed by atoms with Gasteiger partial charge in [-0.25, -0.2) is 0 Å². The summed E-state index contributed by atoms with van der Waals surface area (Å²) >= 11 is 0. The van der Waals surface area contributed by atoms with Gasteiger partial charge in [0, 0.05) is 17.7 Å². The van der Waals surface area contributed by atoms with Crippen molar-refractivity contribution in [1.82, 2.24) is 0 Å². The Bertz CT molecular complexity index is 532. The van der Waals surface area contributed by atoms with Crippen LogP contribution in [0.4, 0.5) is 0 Å². The Morgan fingerprint density at radius 3 is 2.28 bits per heavy atom. The van der Waals surface area contributed by atoms with Gasteiger partial charge in [-0.15, -0.1) is 0 Å². The second-order valence-electron chi connectivity index (χ2n) is 3.87. The van der Waals surface area contributed by atoms with Crippen LogP contribution in [0, 0.1) is 6.92 Å². The Labute approximate surface area is 113 Å². The number of allylic oxidation sites excluding steroid dienone is 1. The zero-order valence-electron chi connectivity index (χ0n) is 10.1. The third-order valence-electron chi connectivity index (χ3n) is 2.47. The molecule has 1 heterocycles. The van der Waals surface area contributed by atoms with Crippen molar-refractivity contribution in [2.24, 2.45) is 0 Å². The maximum absolute atomic E-state index is 11.8. The molecule has 2 rings (SSSR count). The third-order valence-corrected chi connectivity index (χ3v) is 2.47. The predicted molar refractivity (Wildman–Crippen MR) is 67.5 cm³/mol. The third kappa shape index (κ3) is 3.82. The molecule has 0 saturated heterocycles. The van der Waals surface area contributed by atoms with Crippen molar-refractivity contribution >= 4 is 12.0 Å². The Hall–Kier alpha value is -1.93. The summed E-state index contributed by atoms with van der Waals surface area (Å²) in [6.07, 6.45) is 7.10. The minimum absolute atomic E-state index is 0. The quantitative estimate of drug-likeness (QED) is 0.419. The van der Waals surface area contributed by atoms with E-state index in [4.69, 9.17) is 0 Å². The zero-order chi connectivity index (χ0) is 12.1. The zero-order valence-corrected chi connectivity index (χ0v) is 10.8. The molecule has 0 radical (unpaired) electrons. The van der Waals surface area contributed by atoms with Crippen molar-refractivity contribution in [3.8, 4) is 0 Å². The summed E-state index contributed by atoms with van der Waals surface area (Å²) < 4.78 is 1.84. The number of nitrogens with zero attached hydrogens (tertiary/aromatic N) is 1. The average molecular weight is 260 g/mol. The van der Waals surface area contributed by atoms with E-state index in [0.29, 0.717) is 5.56 Å². The predicted octanol–water partition coefficient (Wildman–Crippen LogP) is -0.360. The topological polar surface area (TPSA) is 20.9 Å². The second-order valence-corrected chi connectivity index (χ2v) is 3.87. The molecule has 2 nitrogen and oxygen atoms in total. The van der Waals surface area contributed by atoms with Gasteiger partial charge in [0.2, 0.25) is 0 Å². The lowest BCUT2D eigenvalue weighted by Gasteiger charge is -1.95. The molecule has 0 aliphatic carbocycles. The summed E-state index contributed by atoms with van der Waals surface area (Å²) in [4.78, 5) is 11.8. The number of hydrogen-bond donors (Lipinski definition) is 0. The van der Waals surface area contributed by atoms with Crippen molar-refractivity contribution in [1.29, 1.82) is 0 Å². The van der Waals surface area contributed by atoms with Crippen LogP contribution in [0.15, 0.2) is 60.9 Å². The van der Waals surface area contributed by atoms with E-state index in [2.05, 4.69) is 0 Å². The number of carbonyl (C=O) groups is 1. The first-order valence-electron chi connectivity index (χ1n) is 5.51. The average Bonchev–Trinajstić information content (AvgIpc) is 2.38. The first-order valence-corrected chi connectivity index (χ1v) is 5.51. The van der Waals surface area contributed by atoms with E-state index in [1.54, 1.807) is 12.3 Å². The fourth-order valence-corrected chi connectivity index (χ4v) is 1.48. The Kier molecular flexibility index (Phi) is 5.28. The van der Waals surface area contributed by atoms with Crippen LogP contribution in [0.1, 0.15) is 15.9 Å². The second kappa shape index (κ2) is 6.72. The SMILES string of the molecule is Cc1ccc(C(=O)C=C[n+]2ccccc2)cc1.[Cl-]. The van der Waals surface area contributed by atoms with Crippen molar-refractivity contribution in [3.05, 3.63) is 72.1 Å². The highest BCUT2D eigenvalue weighted by Gasteiger charge is 2.02. The van der Waals surface area contributed by atoms with Gasteiger partial charge in [-0.2, -0.15) is 4.57 Å². The molecule has 0 amide bonds. The molecule has 0 N–H and O–H groups in total. The molecule has 0 unspecified atom stereocenters. The van der Waals surface area contributed by atoms with Gasteiger partial charge >= 0.3 is 0 Å². The number of rotatable bonds is 3. The molecule has 1 aromatic carbocycles. The Morgan fingerprint density at radius 1 is 1.06 bits per heavy atom. The van der Waals surface area contributed by atoms with E-state index in [1.807, 2.05) is 66.3 Å². The minimum atomic E-state index is 0. The summed E-state index contributed by atoms with van der Waals surface area (Å²) in [6.45, 7) is 2.00. The normalized spacial score (nSPS) is 10.1. The summed E-state index contributed by atoms with van der Waals surface area (Å²) in [5, 5.41) is 0. The van der Waals surface area contributed by atoms with Gasteiger partial charge in [-0.05, 0) is 6.92 Å². The number of benzene rings is 1. The van der Waals surface area contributed by atoms with Crippen molar-refractivity contribution in [2.45, 2.75) is 6.92 Å². The molecular formula is C15H14ClNO. The van der Waals surface area contributed by atoms with Gasteiger partial charge in [0.15, 0.2) is 24.4 Å². The first kappa shape index (κ1) is 14.1. The van der Waals surface area contributed by atoms with Crippen LogP contribution in [-0.4, -0.2) is 5.78 Å². The molecule has 18 heavy (non-hydrogen) atoms. The first-order chi connectivity index (χ1) is 8.25. The minimum Gasteiger partial charge on any atom is -1.00 e. The number of pyridine rings is 1. The highest BCUT2D eigenvalue weighted by Crippen LogP contribution is 2.04. The fraction of sp³-hybridized carbons (Fsp3) is 0.0667. The molecule has 2 aromatic rings. The van der Waals surface area contributed by atoms with Gasteiger partial charge < -0.3 is 12.4 Å². The van der Waals surface area contributed by atoms with E-state index >= 15 is 0 Å². The lowest BCUT2D eigenvalue weighted by atomic mass is 10.1. The summed E-state index contributed by atoms with van der Waals surface area (Å²) in [6, 6.07) is 13.3. The molecule has 0 fully saturated rings. The number of aryl methyl sites for hydroxylation is 1. The van der Waals surface area contributed by atoms with Crippen LogP contribution in [0.2, 0.25) is 0 Å². The van der Waals surface area contributed by atoms with Crippen molar-refractivity contribution < 1.29 is 21.8 Å². The van der Waals surface area contributed by atoms with Gasteiger partial charge in [0.05, 0.1) is 6.08 Å². The molecule has 1 aromatic heterocycles. The highest BCUT2D eigenvalue weighted by atomic mass is 35.5. The standard InChI is InChI=1S/C15H14NO.ClH/c1-13-5-7-14(8-6-13)15(17)9-12-16-10-3-2-4-11-16;/h2-12H,1H3;1H/q+1;/p-1. The van der Waals surface area contributed by atoms with Gasteiger partial charge in [0.1, 0.15) is 0 Å². The molecule has 0 saturated carbocycles. The molecule has 3 heteroatoms. The fourth-order valence-electron chi connectivity index (χ4n) is 1.48. The molecule has 0 spiro atoms. The van der Waals surface area contributed by atoms with Crippen LogP contribution in [0.5, 0.6) is 0 Å². The summed E-state index contributed by atoms with van der Waals surface area (Å²) in [5.41, 5.74) is 1.87. The Morgan fingerprint density at radius 2 is 1.67 bits per heavy atom. The van der Waals surface area contributed by atoms with Crippen molar-refractivity contribution in [2.75, 3.05) is 0 Å². The van der Waals surface area contributed by atoms with E-state index in [0.717, 1.165) is 5.56 Å². The van der Waals surface area contributed by atoms with Gasteiger partial charge in [-0.3, -0.25) is 4.79 Å². The summed E-state index contributed by atoms with van der Waals surface area (Å²) in [5.74, 6) is 0.0151. The molecule has 0 aliphatic heterocycles. The molecular weight excluding hydrogens is 246 g/mol. The summed E-state index contributed by atoms with van der Waals surface area (Å²) in [7, 11) is 0. The molecule has 0 aliphatic rings. The van der Waals surface area contributed by atoms with E-state index in [-0.39, 0.29) is 18.2 Å². The number of ketones is 1. The lowest BCUT2D eigenvalue weighted by molar-refractivity contribution is -0.568. The van der Waals surface area contributed by atoms with E-state index < -0.39 is 0 Å². The van der Waals surface area contributed by atoms with Crippen LogP contribution < -0.4 is 17.0 Å². The number of hydrogen-bond acceptors (Lipinski definition) is 1. The Balaban J connectivity index is 0.00000162.